The Morgan fingerprint density at radius 2 is 1.67 bits per heavy atom. The largest absolute Gasteiger partial charge is 0.380 e. The molecule has 2 aromatic carbocycles. The molecule has 0 aliphatic carbocycles. The molecule has 0 unspecified atom stereocenters. The maximum Gasteiger partial charge on any atom is 0.275 e. The summed E-state index contributed by atoms with van der Waals surface area (Å²) in [6.07, 6.45) is 1.57. The van der Waals surface area contributed by atoms with E-state index in [0.717, 1.165) is 5.56 Å². The minimum absolute atomic E-state index is 0.172. The highest BCUT2D eigenvalue weighted by Gasteiger charge is 2.16. The molecule has 1 aromatic heterocycles. The SMILES string of the molecule is N=C(C(=O)Nc1ccccn1)c1ccccc1NCc1c(Cl)cccc1Cl. The molecule has 3 rings (SSSR count). The van der Waals surface area contributed by atoms with Crippen molar-refractivity contribution in [2.45, 2.75) is 6.54 Å². The van der Waals surface area contributed by atoms with E-state index in [1.165, 1.54) is 0 Å². The Hall–Kier alpha value is -2.89. The smallest absolute Gasteiger partial charge is 0.275 e. The van der Waals surface area contributed by atoms with E-state index in [1.807, 2.05) is 6.07 Å². The van der Waals surface area contributed by atoms with Gasteiger partial charge in [-0.15, -0.1) is 0 Å². The molecule has 27 heavy (non-hydrogen) atoms. The Balaban J connectivity index is 1.77. The van der Waals surface area contributed by atoms with Crippen LogP contribution in [0, 0.1) is 5.41 Å². The Kier molecular flexibility index (Phi) is 6.06. The first-order chi connectivity index (χ1) is 13.1. The lowest BCUT2D eigenvalue weighted by atomic mass is 10.1. The number of aromatic nitrogens is 1. The Morgan fingerprint density at radius 3 is 2.37 bits per heavy atom. The van der Waals surface area contributed by atoms with Gasteiger partial charge in [0.2, 0.25) is 0 Å². The van der Waals surface area contributed by atoms with Gasteiger partial charge in [0.05, 0.1) is 0 Å². The fraction of sp³-hybridized carbons (Fsp3) is 0.0500. The summed E-state index contributed by atoms with van der Waals surface area (Å²) < 4.78 is 0. The number of nitrogens with one attached hydrogen (secondary N) is 3. The molecule has 0 bridgehead atoms. The van der Waals surface area contributed by atoms with E-state index < -0.39 is 5.91 Å². The van der Waals surface area contributed by atoms with Gasteiger partial charge >= 0.3 is 0 Å². The van der Waals surface area contributed by atoms with Gasteiger partial charge in [-0.25, -0.2) is 4.98 Å². The third-order valence-electron chi connectivity index (χ3n) is 3.85. The summed E-state index contributed by atoms with van der Waals surface area (Å²) in [4.78, 5) is 16.4. The molecule has 0 spiro atoms. The van der Waals surface area contributed by atoms with Gasteiger partial charge in [-0.2, -0.15) is 0 Å². The van der Waals surface area contributed by atoms with E-state index in [9.17, 15) is 4.79 Å². The second-order valence-electron chi connectivity index (χ2n) is 5.64. The normalized spacial score (nSPS) is 10.3. The lowest BCUT2D eigenvalue weighted by Gasteiger charge is -2.14. The first kappa shape index (κ1) is 18.9. The number of amides is 1. The summed E-state index contributed by atoms with van der Waals surface area (Å²) in [5.41, 5.74) is 1.68. The Labute approximate surface area is 166 Å². The van der Waals surface area contributed by atoms with Crippen molar-refractivity contribution in [1.82, 2.24) is 4.98 Å². The Bertz CT molecular complexity index is 956. The number of carbonyl (C=O) groups excluding carboxylic acids is 1. The molecule has 0 aliphatic rings. The van der Waals surface area contributed by atoms with Crippen LogP contribution in [-0.4, -0.2) is 16.6 Å². The average molecular weight is 399 g/mol. The van der Waals surface area contributed by atoms with Crippen molar-refractivity contribution >= 4 is 46.3 Å². The second kappa shape index (κ2) is 8.66. The van der Waals surface area contributed by atoms with Crippen LogP contribution in [0.15, 0.2) is 66.9 Å². The standard InChI is InChI=1S/C20H16Cl2N4O/c21-15-7-5-8-16(22)14(15)12-25-17-9-2-1-6-13(17)19(23)20(27)26-18-10-3-4-11-24-18/h1-11,23,25H,12H2,(H,24,26,27). The zero-order chi connectivity index (χ0) is 19.2. The number of carbonyl (C=O) groups is 1. The van der Waals surface area contributed by atoms with Gasteiger partial charge in [-0.3, -0.25) is 10.2 Å². The number of anilines is 2. The van der Waals surface area contributed by atoms with Crippen LogP contribution in [0.3, 0.4) is 0 Å². The number of pyridine rings is 1. The summed E-state index contributed by atoms with van der Waals surface area (Å²) in [7, 11) is 0. The predicted octanol–water partition coefficient (Wildman–Crippen LogP) is 5.01. The summed E-state index contributed by atoms with van der Waals surface area (Å²) in [5, 5.41) is 15.2. The summed E-state index contributed by atoms with van der Waals surface area (Å²) in [6.45, 7) is 0.366. The van der Waals surface area contributed by atoms with Gasteiger partial charge in [0, 0.05) is 39.6 Å². The molecule has 3 N–H and O–H groups in total. The minimum Gasteiger partial charge on any atom is -0.380 e. The van der Waals surface area contributed by atoms with Crippen molar-refractivity contribution < 1.29 is 4.79 Å². The van der Waals surface area contributed by atoms with Crippen LogP contribution in [-0.2, 0) is 11.3 Å². The second-order valence-corrected chi connectivity index (χ2v) is 6.46. The van der Waals surface area contributed by atoms with Crippen LogP contribution < -0.4 is 10.6 Å². The van der Waals surface area contributed by atoms with Gasteiger partial charge in [0.15, 0.2) is 0 Å². The van der Waals surface area contributed by atoms with Gasteiger partial charge in [0.25, 0.3) is 5.91 Å². The highest BCUT2D eigenvalue weighted by atomic mass is 35.5. The van der Waals surface area contributed by atoms with Gasteiger partial charge in [-0.05, 0) is 30.3 Å². The summed E-state index contributed by atoms with van der Waals surface area (Å²) in [6, 6.07) is 17.6. The topological polar surface area (TPSA) is 77.9 Å². The molecule has 0 fully saturated rings. The predicted molar refractivity (Wildman–Crippen MR) is 110 cm³/mol. The summed E-state index contributed by atoms with van der Waals surface area (Å²) in [5.74, 6) is -0.153. The number of hydrogen-bond acceptors (Lipinski definition) is 4. The Morgan fingerprint density at radius 1 is 0.963 bits per heavy atom. The van der Waals surface area contributed by atoms with Crippen molar-refractivity contribution in [3.63, 3.8) is 0 Å². The van der Waals surface area contributed by atoms with Crippen LogP contribution in [0.5, 0.6) is 0 Å². The fourth-order valence-electron chi connectivity index (χ4n) is 2.48. The third kappa shape index (κ3) is 4.64. The molecule has 0 radical (unpaired) electrons. The lowest BCUT2D eigenvalue weighted by molar-refractivity contribution is -0.110. The van der Waals surface area contributed by atoms with Crippen LogP contribution in [0.1, 0.15) is 11.1 Å². The number of benzene rings is 2. The molecule has 136 valence electrons. The first-order valence-electron chi connectivity index (χ1n) is 8.13. The molecule has 0 saturated heterocycles. The highest BCUT2D eigenvalue weighted by molar-refractivity contribution is 6.48. The number of hydrogen-bond donors (Lipinski definition) is 3. The quantitative estimate of drug-likeness (QED) is 0.510. The molecular formula is C20H16Cl2N4O. The third-order valence-corrected chi connectivity index (χ3v) is 4.56. The van der Waals surface area contributed by atoms with Crippen molar-refractivity contribution in [2.24, 2.45) is 0 Å². The van der Waals surface area contributed by atoms with Crippen molar-refractivity contribution in [3.05, 3.63) is 88.0 Å². The molecule has 0 aliphatic heterocycles. The van der Waals surface area contributed by atoms with Crippen LogP contribution >= 0.6 is 23.2 Å². The maximum absolute atomic E-state index is 12.4. The van der Waals surface area contributed by atoms with Crippen LogP contribution in [0.4, 0.5) is 11.5 Å². The molecule has 0 saturated carbocycles. The van der Waals surface area contributed by atoms with Crippen molar-refractivity contribution in [3.8, 4) is 0 Å². The molecule has 1 amide bonds. The number of halogens is 2. The number of nitrogens with zero attached hydrogens (tertiary/aromatic N) is 1. The van der Waals surface area contributed by atoms with Gasteiger partial charge < -0.3 is 10.6 Å². The van der Waals surface area contributed by atoms with Crippen LogP contribution in [0.2, 0.25) is 10.0 Å². The van der Waals surface area contributed by atoms with Gasteiger partial charge in [0.1, 0.15) is 11.5 Å². The highest BCUT2D eigenvalue weighted by Crippen LogP contribution is 2.26. The number of rotatable bonds is 6. The van der Waals surface area contributed by atoms with E-state index in [-0.39, 0.29) is 5.71 Å². The lowest BCUT2D eigenvalue weighted by Crippen LogP contribution is -2.24. The maximum atomic E-state index is 12.4. The number of para-hydroxylation sites is 1. The monoisotopic (exact) mass is 398 g/mol. The average Bonchev–Trinajstić information content (AvgIpc) is 2.68. The van der Waals surface area contributed by atoms with Gasteiger partial charge in [-0.1, -0.05) is 53.5 Å². The van der Waals surface area contributed by atoms with E-state index in [0.29, 0.717) is 33.7 Å². The van der Waals surface area contributed by atoms with E-state index in [2.05, 4.69) is 15.6 Å². The molecule has 1 heterocycles. The molecule has 3 aromatic rings. The zero-order valence-corrected chi connectivity index (χ0v) is 15.7. The minimum atomic E-state index is -0.543. The van der Waals surface area contributed by atoms with Crippen LogP contribution in [0.25, 0.3) is 0 Å². The molecule has 0 atom stereocenters. The molecule has 7 heteroatoms. The summed E-state index contributed by atoms with van der Waals surface area (Å²) >= 11 is 12.4. The van der Waals surface area contributed by atoms with E-state index in [1.54, 1.807) is 60.8 Å². The molecular weight excluding hydrogens is 383 g/mol. The zero-order valence-electron chi connectivity index (χ0n) is 14.2. The van der Waals surface area contributed by atoms with Crippen molar-refractivity contribution in [1.29, 1.82) is 5.41 Å². The van der Waals surface area contributed by atoms with E-state index >= 15 is 0 Å². The fourth-order valence-corrected chi connectivity index (χ4v) is 3.01. The molecule has 5 nitrogen and oxygen atoms in total. The first-order valence-corrected chi connectivity index (χ1v) is 8.89. The van der Waals surface area contributed by atoms with E-state index in [4.69, 9.17) is 28.6 Å². The van der Waals surface area contributed by atoms with Crippen molar-refractivity contribution in [2.75, 3.05) is 10.6 Å².